The van der Waals surface area contributed by atoms with Crippen molar-refractivity contribution in [2.45, 2.75) is 43.8 Å². The van der Waals surface area contributed by atoms with E-state index in [1.807, 2.05) is 0 Å². The summed E-state index contributed by atoms with van der Waals surface area (Å²) in [6.45, 7) is 0. The highest BCUT2D eigenvalue weighted by Gasteiger charge is 2.13. The van der Waals surface area contributed by atoms with Crippen molar-refractivity contribution < 1.29 is 0 Å². The van der Waals surface area contributed by atoms with Crippen molar-refractivity contribution >= 4 is 16.9 Å². The van der Waals surface area contributed by atoms with Gasteiger partial charge in [0.15, 0.2) is 5.17 Å². The van der Waals surface area contributed by atoms with Crippen LogP contribution in [0.2, 0.25) is 0 Å². The summed E-state index contributed by atoms with van der Waals surface area (Å²) in [4.78, 5) is 0. The highest BCUT2D eigenvalue weighted by molar-refractivity contribution is 8.14. The molecule has 0 bridgehead atoms. The zero-order chi connectivity index (χ0) is 8.10. The Hall–Kier alpha value is -0.180. The summed E-state index contributed by atoms with van der Waals surface area (Å²) in [6.07, 6.45) is 7.90. The summed E-state index contributed by atoms with van der Waals surface area (Å²) in [7, 11) is 0. The first kappa shape index (κ1) is 8.91. The van der Waals surface area contributed by atoms with E-state index in [4.69, 9.17) is 11.1 Å². The van der Waals surface area contributed by atoms with Crippen LogP contribution in [-0.2, 0) is 0 Å². The van der Waals surface area contributed by atoms with Gasteiger partial charge in [-0.1, -0.05) is 37.4 Å². The fourth-order valence-corrected chi connectivity index (χ4v) is 2.47. The van der Waals surface area contributed by atoms with Crippen molar-refractivity contribution in [1.29, 1.82) is 5.41 Å². The lowest BCUT2D eigenvalue weighted by molar-refractivity contribution is 0.702. The lowest BCUT2D eigenvalue weighted by Crippen LogP contribution is -2.11. The molecule has 1 rings (SSSR count). The van der Waals surface area contributed by atoms with Crippen molar-refractivity contribution in [2.75, 3.05) is 0 Å². The topological polar surface area (TPSA) is 49.9 Å². The lowest BCUT2D eigenvalue weighted by atomic mass is 10.2. The van der Waals surface area contributed by atoms with Crippen LogP contribution in [0.4, 0.5) is 0 Å². The van der Waals surface area contributed by atoms with Gasteiger partial charge in [0.25, 0.3) is 0 Å². The van der Waals surface area contributed by atoms with Gasteiger partial charge in [0, 0.05) is 5.25 Å². The number of hydrogen-bond acceptors (Lipinski definition) is 2. The molecule has 0 atom stereocenters. The third-order valence-electron chi connectivity index (χ3n) is 2.10. The van der Waals surface area contributed by atoms with Gasteiger partial charge in [0.2, 0.25) is 0 Å². The van der Waals surface area contributed by atoms with Crippen molar-refractivity contribution in [3.63, 3.8) is 0 Å². The molecule has 3 N–H and O–H groups in total. The third-order valence-corrected chi connectivity index (χ3v) is 3.15. The van der Waals surface area contributed by atoms with Gasteiger partial charge in [-0.3, -0.25) is 5.41 Å². The second-order valence-corrected chi connectivity index (χ2v) is 4.44. The summed E-state index contributed by atoms with van der Waals surface area (Å²) in [5.41, 5.74) is 5.32. The molecule has 2 nitrogen and oxygen atoms in total. The van der Waals surface area contributed by atoms with Crippen molar-refractivity contribution in [3.8, 4) is 0 Å². The third kappa shape index (κ3) is 3.65. The van der Waals surface area contributed by atoms with E-state index < -0.39 is 0 Å². The molecule has 0 saturated heterocycles. The van der Waals surface area contributed by atoms with Gasteiger partial charge in [0.05, 0.1) is 0 Å². The van der Waals surface area contributed by atoms with E-state index in [0.717, 1.165) is 0 Å². The summed E-state index contributed by atoms with van der Waals surface area (Å²) < 4.78 is 0. The summed E-state index contributed by atoms with van der Waals surface area (Å²) >= 11 is 1.55. The average molecular weight is 172 g/mol. The molecule has 0 aromatic rings. The maximum atomic E-state index is 7.14. The van der Waals surface area contributed by atoms with Crippen molar-refractivity contribution in [3.05, 3.63) is 0 Å². The van der Waals surface area contributed by atoms with Crippen molar-refractivity contribution in [2.24, 2.45) is 5.73 Å². The normalized spacial score (nSPS) is 21.1. The number of amidine groups is 1. The van der Waals surface area contributed by atoms with Crippen LogP contribution in [0.1, 0.15) is 38.5 Å². The van der Waals surface area contributed by atoms with Gasteiger partial charge < -0.3 is 5.73 Å². The maximum Gasteiger partial charge on any atom is 0.151 e. The number of rotatable bonds is 1. The minimum absolute atomic E-state index is 0.289. The Morgan fingerprint density at radius 1 is 1.18 bits per heavy atom. The minimum Gasteiger partial charge on any atom is -0.379 e. The first-order valence-corrected chi connectivity index (χ1v) is 5.17. The molecule has 0 aliphatic heterocycles. The van der Waals surface area contributed by atoms with Crippen molar-refractivity contribution in [1.82, 2.24) is 0 Å². The Bertz CT molecular complexity index is 128. The molecule has 1 fully saturated rings. The number of nitrogens with one attached hydrogen (secondary N) is 1. The molecule has 0 aromatic heterocycles. The summed E-state index contributed by atoms with van der Waals surface area (Å²) in [5.74, 6) is 0. The van der Waals surface area contributed by atoms with Gasteiger partial charge in [-0.25, -0.2) is 0 Å². The van der Waals surface area contributed by atoms with Crippen LogP contribution in [0.5, 0.6) is 0 Å². The fraction of sp³-hybridized carbons (Fsp3) is 0.875. The van der Waals surface area contributed by atoms with Crippen LogP contribution in [0.15, 0.2) is 0 Å². The van der Waals surface area contributed by atoms with Crippen LogP contribution in [0.25, 0.3) is 0 Å². The summed E-state index contributed by atoms with van der Waals surface area (Å²) in [6, 6.07) is 0. The Morgan fingerprint density at radius 2 is 1.73 bits per heavy atom. The predicted molar refractivity (Wildman–Crippen MR) is 51.0 cm³/mol. The average Bonchev–Trinajstić information content (AvgIpc) is 2.14. The smallest absolute Gasteiger partial charge is 0.151 e. The van der Waals surface area contributed by atoms with E-state index in [9.17, 15) is 0 Å². The molecule has 0 radical (unpaired) electrons. The van der Waals surface area contributed by atoms with Gasteiger partial charge in [-0.15, -0.1) is 0 Å². The minimum atomic E-state index is 0.289. The molecule has 0 aromatic carbocycles. The zero-order valence-corrected chi connectivity index (χ0v) is 7.62. The van der Waals surface area contributed by atoms with Gasteiger partial charge in [-0.05, 0) is 12.8 Å². The predicted octanol–water partition coefficient (Wildman–Crippen LogP) is 2.34. The molecule has 3 heteroatoms. The Balaban J connectivity index is 2.25. The van der Waals surface area contributed by atoms with E-state index in [-0.39, 0.29) is 5.17 Å². The van der Waals surface area contributed by atoms with E-state index in [2.05, 4.69) is 0 Å². The van der Waals surface area contributed by atoms with E-state index >= 15 is 0 Å². The lowest BCUT2D eigenvalue weighted by Gasteiger charge is -2.10. The monoisotopic (exact) mass is 172 g/mol. The van der Waals surface area contributed by atoms with E-state index in [0.29, 0.717) is 5.25 Å². The molecule has 0 spiro atoms. The molecular weight excluding hydrogens is 156 g/mol. The van der Waals surface area contributed by atoms with Gasteiger partial charge in [0.1, 0.15) is 0 Å². The highest BCUT2D eigenvalue weighted by Crippen LogP contribution is 2.26. The molecule has 1 aliphatic carbocycles. The largest absolute Gasteiger partial charge is 0.379 e. The van der Waals surface area contributed by atoms with E-state index in [1.165, 1.54) is 38.5 Å². The number of nitrogens with two attached hydrogens (primary N) is 1. The molecule has 1 saturated carbocycles. The van der Waals surface area contributed by atoms with Crippen LogP contribution < -0.4 is 5.73 Å². The first-order valence-electron chi connectivity index (χ1n) is 4.29. The molecule has 64 valence electrons. The Labute approximate surface area is 72.4 Å². The summed E-state index contributed by atoms with van der Waals surface area (Å²) in [5, 5.41) is 8.07. The molecule has 0 amide bonds. The van der Waals surface area contributed by atoms with Crippen LogP contribution >= 0.6 is 11.8 Å². The Kier molecular flexibility index (Phi) is 3.77. The number of hydrogen-bond donors (Lipinski definition) is 2. The second kappa shape index (κ2) is 4.65. The zero-order valence-electron chi connectivity index (χ0n) is 6.81. The highest BCUT2D eigenvalue weighted by atomic mass is 32.2. The van der Waals surface area contributed by atoms with Crippen LogP contribution in [-0.4, -0.2) is 10.4 Å². The molecule has 11 heavy (non-hydrogen) atoms. The first-order chi connectivity index (χ1) is 5.29. The SMILES string of the molecule is N=C(N)SC1CCCCCC1. The van der Waals surface area contributed by atoms with Crippen LogP contribution in [0, 0.1) is 5.41 Å². The Morgan fingerprint density at radius 3 is 2.18 bits per heavy atom. The standard InChI is InChI=1S/C8H16N2S/c9-8(10)11-7-5-3-1-2-4-6-7/h7H,1-6H2,(H3,9,10). The molecule has 0 unspecified atom stereocenters. The van der Waals surface area contributed by atoms with E-state index in [1.54, 1.807) is 11.8 Å². The molecule has 1 aliphatic rings. The fourth-order valence-electron chi connectivity index (χ4n) is 1.54. The van der Waals surface area contributed by atoms with Crippen LogP contribution in [0.3, 0.4) is 0 Å². The molecular formula is C8H16N2S. The number of thioether (sulfide) groups is 1. The van der Waals surface area contributed by atoms with Gasteiger partial charge >= 0.3 is 0 Å². The maximum absolute atomic E-state index is 7.14. The van der Waals surface area contributed by atoms with Gasteiger partial charge in [-0.2, -0.15) is 0 Å². The quantitative estimate of drug-likeness (QED) is 0.362. The molecule has 0 heterocycles. The second-order valence-electron chi connectivity index (χ2n) is 3.10.